The molecule has 2 saturated carbocycles. The van der Waals surface area contributed by atoms with Crippen molar-refractivity contribution in [1.82, 2.24) is 4.90 Å². The Morgan fingerprint density at radius 3 is 2.25 bits per heavy atom. The first-order chi connectivity index (χ1) is 7.51. The Morgan fingerprint density at radius 1 is 1.25 bits per heavy atom. The van der Waals surface area contributed by atoms with Gasteiger partial charge in [0.05, 0.1) is 0 Å². The molecule has 0 N–H and O–H groups in total. The highest BCUT2D eigenvalue weighted by atomic mass is 127. The van der Waals surface area contributed by atoms with Crippen molar-refractivity contribution in [3.8, 4) is 0 Å². The molecule has 0 aromatic rings. The normalized spacial score (nSPS) is 39.4. The number of halogens is 1. The van der Waals surface area contributed by atoms with Crippen LogP contribution in [0.2, 0.25) is 0 Å². The molecule has 0 bridgehead atoms. The summed E-state index contributed by atoms with van der Waals surface area (Å²) >= 11 is 2.63. The molecule has 0 amide bonds. The van der Waals surface area contributed by atoms with Crippen molar-refractivity contribution in [1.29, 1.82) is 0 Å². The van der Waals surface area contributed by atoms with Crippen molar-refractivity contribution in [3.05, 3.63) is 0 Å². The Kier molecular flexibility index (Phi) is 4.21. The van der Waals surface area contributed by atoms with E-state index in [2.05, 4.69) is 48.4 Å². The molecule has 1 spiro atoms. The SMILES string of the molecule is CC(C)CN(C)C1CCC2(CC1)CC(I)C2. The minimum Gasteiger partial charge on any atom is -0.303 e. The molecule has 16 heavy (non-hydrogen) atoms. The maximum Gasteiger partial charge on any atom is 0.0120 e. The predicted molar refractivity (Wildman–Crippen MR) is 79.2 cm³/mol. The summed E-state index contributed by atoms with van der Waals surface area (Å²) in [6.07, 6.45) is 8.92. The molecule has 94 valence electrons. The molecule has 0 saturated heterocycles. The summed E-state index contributed by atoms with van der Waals surface area (Å²) < 4.78 is 0.988. The third-order valence-corrected chi connectivity index (χ3v) is 5.48. The van der Waals surface area contributed by atoms with Crippen LogP contribution in [-0.2, 0) is 0 Å². The lowest BCUT2D eigenvalue weighted by Crippen LogP contribution is -2.45. The van der Waals surface area contributed by atoms with E-state index in [-0.39, 0.29) is 0 Å². The number of hydrogen-bond donors (Lipinski definition) is 0. The first-order valence-corrected chi connectivity index (χ1v) is 8.10. The van der Waals surface area contributed by atoms with Gasteiger partial charge in [-0.05, 0) is 56.9 Å². The molecule has 2 aliphatic carbocycles. The molecule has 0 unspecified atom stereocenters. The highest BCUT2D eigenvalue weighted by Crippen LogP contribution is 2.54. The van der Waals surface area contributed by atoms with Crippen molar-refractivity contribution in [2.24, 2.45) is 11.3 Å². The zero-order valence-corrected chi connectivity index (χ0v) is 13.2. The van der Waals surface area contributed by atoms with Gasteiger partial charge in [-0.2, -0.15) is 0 Å². The number of nitrogens with zero attached hydrogens (tertiary/aromatic N) is 1. The minimum absolute atomic E-state index is 0.793. The van der Waals surface area contributed by atoms with E-state index < -0.39 is 0 Å². The third kappa shape index (κ3) is 2.92. The van der Waals surface area contributed by atoms with Crippen LogP contribution in [0.3, 0.4) is 0 Å². The second-order valence-electron chi connectivity index (χ2n) is 6.57. The molecule has 2 aliphatic rings. The van der Waals surface area contributed by atoms with E-state index in [1.165, 1.54) is 45.1 Å². The topological polar surface area (TPSA) is 3.24 Å². The number of hydrogen-bond acceptors (Lipinski definition) is 1. The predicted octanol–water partition coefficient (Wildman–Crippen LogP) is 4.10. The Morgan fingerprint density at radius 2 is 1.81 bits per heavy atom. The molecular formula is C14H26IN. The van der Waals surface area contributed by atoms with Crippen LogP contribution in [0.4, 0.5) is 0 Å². The van der Waals surface area contributed by atoms with Gasteiger partial charge >= 0.3 is 0 Å². The van der Waals surface area contributed by atoms with Gasteiger partial charge in [0.15, 0.2) is 0 Å². The van der Waals surface area contributed by atoms with Crippen LogP contribution in [0.25, 0.3) is 0 Å². The molecular weight excluding hydrogens is 309 g/mol. The highest BCUT2D eigenvalue weighted by molar-refractivity contribution is 14.1. The van der Waals surface area contributed by atoms with Gasteiger partial charge in [0.1, 0.15) is 0 Å². The van der Waals surface area contributed by atoms with Crippen LogP contribution in [0.1, 0.15) is 52.4 Å². The van der Waals surface area contributed by atoms with Gasteiger partial charge in [-0.3, -0.25) is 0 Å². The lowest BCUT2D eigenvalue weighted by atomic mass is 9.60. The van der Waals surface area contributed by atoms with E-state index in [0.29, 0.717) is 0 Å². The maximum atomic E-state index is 2.63. The smallest absolute Gasteiger partial charge is 0.0120 e. The van der Waals surface area contributed by atoms with Gasteiger partial charge in [0.25, 0.3) is 0 Å². The summed E-state index contributed by atoms with van der Waals surface area (Å²) in [6.45, 7) is 5.92. The Hall–Kier alpha value is 0.690. The minimum atomic E-state index is 0.793. The third-order valence-electron chi connectivity index (χ3n) is 4.60. The molecule has 0 aromatic carbocycles. The average molecular weight is 335 g/mol. The summed E-state index contributed by atoms with van der Waals surface area (Å²) in [5, 5.41) is 0. The molecule has 1 nitrogen and oxygen atoms in total. The molecule has 2 fully saturated rings. The molecule has 0 aliphatic heterocycles. The fourth-order valence-corrected chi connectivity index (χ4v) is 5.54. The van der Waals surface area contributed by atoms with E-state index in [0.717, 1.165) is 21.3 Å². The summed E-state index contributed by atoms with van der Waals surface area (Å²) in [5.74, 6) is 0.809. The second-order valence-corrected chi connectivity index (χ2v) is 8.33. The van der Waals surface area contributed by atoms with Gasteiger partial charge in [-0.1, -0.05) is 36.4 Å². The standard InChI is InChI=1S/C14H26IN/c1-11(2)10-16(3)13-4-6-14(7-5-13)8-12(15)9-14/h11-13H,4-10H2,1-3H3. The van der Waals surface area contributed by atoms with E-state index >= 15 is 0 Å². The van der Waals surface area contributed by atoms with Gasteiger partial charge in [-0.15, -0.1) is 0 Å². The molecule has 2 rings (SSSR count). The summed E-state index contributed by atoms with van der Waals surface area (Å²) in [4.78, 5) is 2.61. The van der Waals surface area contributed by atoms with Crippen molar-refractivity contribution in [2.45, 2.75) is 62.3 Å². The Bertz CT molecular complexity index is 223. The monoisotopic (exact) mass is 335 g/mol. The fourth-order valence-electron chi connectivity index (χ4n) is 3.67. The van der Waals surface area contributed by atoms with Crippen LogP contribution in [0, 0.1) is 11.3 Å². The number of rotatable bonds is 3. The molecule has 0 heterocycles. The lowest BCUT2D eigenvalue weighted by molar-refractivity contribution is 0.0439. The van der Waals surface area contributed by atoms with Crippen LogP contribution in [0.5, 0.6) is 0 Å². The van der Waals surface area contributed by atoms with E-state index in [1.54, 1.807) is 0 Å². The van der Waals surface area contributed by atoms with Crippen LogP contribution in [-0.4, -0.2) is 28.5 Å². The Balaban J connectivity index is 1.77. The van der Waals surface area contributed by atoms with E-state index in [4.69, 9.17) is 0 Å². The van der Waals surface area contributed by atoms with Crippen molar-refractivity contribution >= 4 is 22.6 Å². The maximum absolute atomic E-state index is 2.63. The molecule has 2 heteroatoms. The summed E-state index contributed by atoms with van der Waals surface area (Å²) in [6, 6.07) is 0.876. The van der Waals surface area contributed by atoms with E-state index in [9.17, 15) is 0 Å². The summed E-state index contributed by atoms with van der Waals surface area (Å²) in [7, 11) is 2.32. The van der Waals surface area contributed by atoms with Gasteiger partial charge in [-0.25, -0.2) is 0 Å². The first kappa shape index (κ1) is 13.1. The highest BCUT2D eigenvalue weighted by Gasteiger charge is 2.45. The van der Waals surface area contributed by atoms with E-state index in [1.807, 2.05) is 0 Å². The summed E-state index contributed by atoms with van der Waals surface area (Å²) in [5.41, 5.74) is 0.793. The number of alkyl halides is 1. The second kappa shape index (κ2) is 5.13. The molecule has 0 radical (unpaired) electrons. The van der Waals surface area contributed by atoms with Crippen molar-refractivity contribution in [2.75, 3.05) is 13.6 Å². The van der Waals surface area contributed by atoms with Crippen LogP contribution in [0.15, 0.2) is 0 Å². The van der Waals surface area contributed by atoms with Gasteiger partial charge in [0.2, 0.25) is 0 Å². The molecule has 0 aromatic heterocycles. The largest absolute Gasteiger partial charge is 0.303 e. The van der Waals surface area contributed by atoms with Gasteiger partial charge < -0.3 is 4.90 Å². The zero-order valence-electron chi connectivity index (χ0n) is 11.0. The van der Waals surface area contributed by atoms with Crippen LogP contribution >= 0.6 is 22.6 Å². The molecule has 0 atom stereocenters. The first-order valence-electron chi connectivity index (χ1n) is 6.85. The fraction of sp³-hybridized carbons (Fsp3) is 1.00. The van der Waals surface area contributed by atoms with Crippen LogP contribution < -0.4 is 0 Å². The van der Waals surface area contributed by atoms with Crippen molar-refractivity contribution < 1.29 is 0 Å². The lowest BCUT2D eigenvalue weighted by Gasteiger charge is -2.51. The zero-order chi connectivity index (χ0) is 11.8. The quantitative estimate of drug-likeness (QED) is 0.554. The Labute approximate surface area is 114 Å². The van der Waals surface area contributed by atoms with Crippen molar-refractivity contribution in [3.63, 3.8) is 0 Å². The average Bonchev–Trinajstić information content (AvgIpc) is 2.15. The van der Waals surface area contributed by atoms with Gasteiger partial charge in [0, 0.05) is 16.5 Å².